The number of carbonyl (C=O) groups excluding carboxylic acids is 1. The molecule has 2 N–H and O–H groups in total. The Morgan fingerprint density at radius 2 is 1.95 bits per heavy atom. The van der Waals surface area contributed by atoms with Crippen LogP contribution in [-0.2, 0) is 16.0 Å². The molecule has 0 aromatic heterocycles. The van der Waals surface area contributed by atoms with Gasteiger partial charge in [-0.2, -0.15) is 0 Å². The molecule has 0 heterocycles. The zero-order valence-electron chi connectivity index (χ0n) is 11.8. The molecule has 0 radical (unpaired) electrons. The highest BCUT2D eigenvalue weighted by Crippen LogP contribution is 2.44. The average Bonchev–Trinajstić information content (AvgIpc) is 2.40. The van der Waals surface area contributed by atoms with E-state index >= 15 is 0 Å². The molecule has 20 heavy (non-hydrogen) atoms. The first-order valence-corrected chi connectivity index (χ1v) is 7.15. The molecular weight excluding hydrogens is 254 g/mol. The summed E-state index contributed by atoms with van der Waals surface area (Å²) >= 11 is 0. The Balaban J connectivity index is 2.07. The minimum Gasteiger partial charge on any atom is -0.480 e. The number of benzene rings is 1. The third-order valence-electron chi connectivity index (χ3n) is 4.19. The van der Waals surface area contributed by atoms with E-state index in [1.165, 1.54) is 0 Å². The molecule has 0 bridgehead atoms. The van der Waals surface area contributed by atoms with Crippen LogP contribution in [0.5, 0.6) is 0 Å². The highest BCUT2D eigenvalue weighted by atomic mass is 16.4. The van der Waals surface area contributed by atoms with Crippen LogP contribution in [-0.4, -0.2) is 23.0 Å². The molecule has 1 saturated carbocycles. The second kappa shape index (κ2) is 6.07. The molecule has 108 valence electrons. The Morgan fingerprint density at radius 3 is 2.40 bits per heavy atom. The van der Waals surface area contributed by atoms with Gasteiger partial charge in [-0.1, -0.05) is 43.7 Å². The van der Waals surface area contributed by atoms with Crippen molar-refractivity contribution in [1.82, 2.24) is 5.32 Å². The van der Waals surface area contributed by atoms with E-state index in [-0.39, 0.29) is 5.91 Å². The smallest absolute Gasteiger partial charge is 0.326 e. The summed E-state index contributed by atoms with van der Waals surface area (Å²) in [5.41, 5.74) is 0.718. The van der Waals surface area contributed by atoms with Gasteiger partial charge in [0.25, 0.3) is 0 Å². The standard InChI is InChI=1S/C16H21NO3/c1-2-13(14(18)19)17-15(20)16(9-6-10-16)11-12-7-4-3-5-8-12/h3-5,7-8,13H,2,6,9-11H2,1H3,(H,17,20)(H,18,19). The number of carboxylic acids is 1. The van der Waals surface area contributed by atoms with Crippen LogP contribution in [0.3, 0.4) is 0 Å². The van der Waals surface area contributed by atoms with E-state index < -0.39 is 17.4 Å². The van der Waals surface area contributed by atoms with Crippen LogP contribution < -0.4 is 5.32 Å². The van der Waals surface area contributed by atoms with Crippen molar-refractivity contribution in [2.24, 2.45) is 5.41 Å². The van der Waals surface area contributed by atoms with Crippen molar-refractivity contribution in [2.45, 2.75) is 45.1 Å². The Labute approximate surface area is 119 Å². The van der Waals surface area contributed by atoms with Gasteiger partial charge in [0.05, 0.1) is 5.41 Å². The van der Waals surface area contributed by atoms with Gasteiger partial charge in [-0.05, 0) is 31.2 Å². The summed E-state index contributed by atoms with van der Waals surface area (Å²) in [5.74, 6) is -1.07. The Hall–Kier alpha value is -1.84. The van der Waals surface area contributed by atoms with Gasteiger partial charge in [-0.3, -0.25) is 4.79 Å². The first-order valence-electron chi connectivity index (χ1n) is 7.15. The van der Waals surface area contributed by atoms with E-state index in [2.05, 4.69) is 5.32 Å². The van der Waals surface area contributed by atoms with Crippen molar-refractivity contribution in [3.8, 4) is 0 Å². The van der Waals surface area contributed by atoms with Gasteiger partial charge >= 0.3 is 5.97 Å². The molecule has 4 heteroatoms. The highest BCUT2D eigenvalue weighted by Gasteiger charge is 2.44. The minimum atomic E-state index is -0.963. The van der Waals surface area contributed by atoms with Gasteiger partial charge in [-0.15, -0.1) is 0 Å². The lowest BCUT2D eigenvalue weighted by Gasteiger charge is -2.41. The lowest BCUT2D eigenvalue weighted by atomic mass is 9.64. The zero-order valence-corrected chi connectivity index (χ0v) is 11.8. The van der Waals surface area contributed by atoms with Gasteiger partial charge in [0.15, 0.2) is 0 Å². The first-order chi connectivity index (χ1) is 9.57. The topological polar surface area (TPSA) is 66.4 Å². The second-order valence-electron chi connectivity index (χ2n) is 5.57. The lowest BCUT2D eigenvalue weighted by Crippen LogP contribution is -2.52. The summed E-state index contributed by atoms with van der Waals surface area (Å²) in [4.78, 5) is 23.5. The van der Waals surface area contributed by atoms with E-state index in [1.807, 2.05) is 30.3 Å². The number of hydrogen-bond acceptors (Lipinski definition) is 2. The molecule has 0 spiro atoms. The van der Waals surface area contributed by atoms with Crippen molar-refractivity contribution in [2.75, 3.05) is 0 Å². The van der Waals surface area contributed by atoms with E-state index in [4.69, 9.17) is 5.11 Å². The summed E-state index contributed by atoms with van der Waals surface area (Å²) < 4.78 is 0. The van der Waals surface area contributed by atoms with E-state index in [0.29, 0.717) is 12.8 Å². The number of carboxylic acid groups (broad SMARTS) is 1. The average molecular weight is 275 g/mol. The van der Waals surface area contributed by atoms with Crippen LogP contribution in [0.1, 0.15) is 38.2 Å². The van der Waals surface area contributed by atoms with Crippen LogP contribution in [0.4, 0.5) is 0 Å². The maximum absolute atomic E-state index is 12.5. The summed E-state index contributed by atoms with van der Waals surface area (Å²) in [7, 11) is 0. The number of nitrogens with one attached hydrogen (secondary N) is 1. The first kappa shape index (κ1) is 14.6. The quantitative estimate of drug-likeness (QED) is 0.837. The van der Waals surface area contributed by atoms with Gasteiger partial charge in [0.2, 0.25) is 5.91 Å². The number of hydrogen-bond donors (Lipinski definition) is 2. The fourth-order valence-electron chi connectivity index (χ4n) is 2.72. The van der Waals surface area contributed by atoms with Gasteiger partial charge in [-0.25, -0.2) is 4.79 Å². The van der Waals surface area contributed by atoms with Crippen molar-refractivity contribution < 1.29 is 14.7 Å². The van der Waals surface area contributed by atoms with E-state index in [9.17, 15) is 9.59 Å². The molecule has 1 unspecified atom stereocenters. The molecular formula is C16H21NO3. The number of carbonyl (C=O) groups is 2. The van der Waals surface area contributed by atoms with Crippen LogP contribution in [0.25, 0.3) is 0 Å². The highest BCUT2D eigenvalue weighted by molar-refractivity contribution is 5.88. The summed E-state index contributed by atoms with van der Waals surface area (Å²) in [5, 5.41) is 11.7. The minimum absolute atomic E-state index is 0.109. The lowest BCUT2D eigenvalue weighted by molar-refractivity contribution is -0.145. The zero-order chi connectivity index (χ0) is 14.6. The molecule has 1 aromatic rings. The van der Waals surface area contributed by atoms with Gasteiger partial charge in [0.1, 0.15) is 6.04 Å². The maximum atomic E-state index is 12.5. The van der Waals surface area contributed by atoms with Gasteiger partial charge in [0, 0.05) is 0 Å². The van der Waals surface area contributed by atoms with Crippen molar-refractivity contribution in [3.63, 3.8) is 0 Å². The molecule has 1 fully saturated rings. The Bertz CT molecular complexity index is 480. The normalized spacial score (nSPS) is 17.9. The molecule has 0 saturated heterocycles. The Kier molecular flexibility index (Phi) is 4.42. The molecule has 1 amide bonds. The third kappa shape index (κ3) is 3.00. The number of amides is 1. The molecule has 4 nitrogen and oxygen atoms in total. The SMILES string of the molecule is CCC(NC(=O)C1(Cc2ccccc2)CCC1)C(=O)O. The van der Waals surface area contributed by atoms with Crippen molar-refractivity contribution in [3.05, 3.63) is 35.9 Å². The molecule has 1 atom stereocenters. The fourth-order valence-corrected chi connectivity index (χ4v) is 2.72. The van der Waals surface area contributed by atoms with E-state index in [0.717, 1.165) is 24.8 Å². The summed E-state index contributed by atoms with van der Waals surface area (Å²) in [6.45, 7) is 1.77. The molecule has 1 aliphatic carbocycles. The summed E-state index contributed by atoms with van der Waals surface area (Å²) in [6.07, 6.45) is 3.80. The van der Waals surface area contributed by atoms with Crippen molar-refractivity contribution in [1.29, 1.82) is 0 Å². The largest absolute Gasteiger partial charge is 0.480 e. The fraction of sp³-hybridized carbons (Fsp3) is 0.500. The van der Waals surface area contributed by atoms with Crippen LogP contribution >= 0.6 is 0 Å². The summed E-state index contributed by atoms with van der Waals surface area (Å²) in [6, 6.07) is 9.13. The van der Waals surface area contributed by atoms with Gasteiger partial charge < -0.3 is 10.4 Å². The van der Waals surface area contributed by atoms with Crippen LogP contribution in [0, 0.1) is 5.41 Å². The Morgan fingerprint density at radius 1 is 1.30 bits per heavy atom. The molecule has 0 aliphatic heterocycles. The predicted molar refractivity (Wildman–Crippen MR) is 76.3 cm³/mol. The van der Waals surface area contributed by atoms with Crippen LogP contribution in [0.2, 0.25) is 0 Å². The molecule has 2 rings (SSSR count). The monoisotopic (exact) mass is 275 g/mol. The number of aliphatic carboxylic acids is 1. The number of rotatable bonds is 6. The molecule has 1 aromatic carbocycles. The maximum Gasteiger partial charge on any atom is 0.326 e. The van der Waals surface area contributed by atoms with E-state index in [1.54, 1.807) is 6.92 Å². The molecule has 1 aliphatic rings. The second-order valence-corrected chi connectivity index (χ2v) is 5.57. The third-order valence-corrected chi connectivity index (χ3v) is 4.19. The predicted octanol–water partition coefficient (Wildman–Crippen LogP) is 2.38. The van der Waals surface area contributed by atoms with Crippen LogP contribution in [0.15, 0.2) is 30.3 Å². The van der Waals surface area contributed by atoms with Crippen molar-refractivity contribution >= 4 is 11.9 Å².